The van der Waals surface area contributed by atoms with E-state index in [0.29, 0.717) is 12.6 Å². The van der Waals surface area contributed by atoms with Crippen LogP contribution < -0.4 is 11.1 Å². The lowest BCUT2D eigenvalue weighted by molar-refractivity contribution is 0.553. The van der Waals surface area contributed by atoms with Gasteiger partial charge in [0.1, 0.15) is 0 Å². The van der Waals surface area contributed by atoms with Gasteiger partial charge in [0.2, 0.25) is 0 Å². The van der Waals surface area contributed by atoms with Crippen molar-refractivity contribution in [2.24, 2.45) is 5.73 Å². The van der Waals surface area contributed by atoms with Gasteiger partial charge >= 0.3 is 0 Å². The van der Waals surface area contributed by atoms with Crippen LogP contribution >= 0.6 is 11.3 Å². The highest BCUT2D eigenvalue weighted by Crippen LogP contribution is 2.08. The van der Waals surface area contributed by atoms with Gasteiger partial charge in [0.25, 0.3) is 0 Å². The Labute approximate surface area is 77.8 Å². The molecule has 3 heteroatoms. The molecule has 1 atom stereocenters. The summed E-state index contributed by atoms with van der Waals surface area (Å²) in [5.41, 5.74) is 6.80. The van der Waals surface area contributed by atoms with Gasteiger partial charge in [-0.3, -0.25) is 0 Å². The summed E-state index contributed by atoms with van der Waals surface area (Å²) in [6, 6.07) is 2.70. The molecule has 0 radical (unpaired) electrons. The Morgan fingerprint density at radius 3 is 3.08 bits per heavy atom. The minimum absolute atomic E-state index is 0.531. The van der Waals surface area contributed by atoms with Crippen LogP contribution in [0.3, 0.4) is 0 Å². The normalized spacial score (nSPS) is 13.2. The lowest BCUT2D eigenvalue weighted by atomic mass is 10.1. The topological polar surface area (TPSA) is 38.0 Å². The fraction of sp³-hybridized carbons (Fsp3) is 0.556. The second-order valence-corrected chi connectivity index (χ2v) is 3.76. The van der Waals surface area contributed by atoms with Crippen LogP contribution in [0.2, 0.25) is 0 Å². The summed E-state index contributed by atoms with van der Waals surface area (Å²) >= 11 is 1.75. The maximum absolute atomic E-state index is 5.39. The molecule has 3 N–H and O–H groups in total. The summed E-state index contributed by atoms with van der Waals surface area (Å²) in [7, 11) is 0. The van der Waals surface area contributed by atoms with E-state index in [4.69, 9.17) is 5.73 Å². The van der Waals surface area contributed by atoms with E-state index in [1.807, 2.05) is 0 Å². The third-order valence-electron chi connectivity index (χ3n) is 1.76. The molecule has 1 heterocycles. The first kappa shape index (κ1) is 9.71. The van der Waals surface area contributed by atoms with Crippen LogP contribution in [0.15, 0.2) is 16.8 Å². The van der Waals surface area contributed by atoms with E-state index >= 15 is 0 Å². The third kappa shape index (κ3) is 3.34. The predicted molar refractivity (Wildman–Crippen MR) is 54.5 cm³/mol. The van der Waals surface area contributed by atoms with Crippen LogP contribution in [0, 0.1) is 0 Å². The lowest BCUT2D eigenvalue weighted by Crippen LogP contribution is -2.32. The van der Waals surface area contributed by atoms with Gasteiger partial charge in [-0.25, -0.2) is 0 Å². The highest BCUT2D eigenvalue weighted by molar-refractivity contribution is 7.07. The van der Waals surface area contributed by atoms with Gasteiger partial charge in [0.05, 0.1) is 0 Å². The van der Waals surface area contributed by atoms with Crippen LogP contribution in [0.1, 0.15) is 12.5 Å². The molecular weight excluding hydrogens is 168 g/mol. The van der Waals surface area contributed by atoms with Gasteiger partial charge in [0, 0.05) is 19.1 Å². The van der Waals surface area contributed by atoms with Crippen molar-refractivity contribution < 1.29 is 0 Å². The maximum atomic E-state index is 5.39. The molecule has 0 aromatic carbocycles. The maximum Gasteiger partial charge on any atom is 0.00799 e. The number of hydrogen-bond acceptors (Lipinski definition) is 3. The monoisotopic (exact) mass is 184 g/mol. The van der Waals surface area contributed by atoms with Gasteiger partial charge in [-0.1, -0.05) is 0 Å². The number of rotatable bonds is 5. The Bertz CT molecular complexity index is 196. The summed E-state index contributed by atoms with van der Waals surface area (Å²) < 4.78 is 0. The fourth-order valence-electron chi connectivity index (χ4n) is 1.16. The molecule has 1 aromatic rings. The molecule has 68 valence electrons. The third-order valence-corrected chi connectivity index (χ3v) is 2.49. The van der Waals surface area contributed by atoms with E-state index in [-0.39, 0.29) is 0 Å². The summed E-state index contributed by atoms with van der Waals surface area (Å²) in [4.78, 5) is 0. The van der Waals surface area contributed by atoms with Crippen molar-refractivity contribution in [1.82, 2.24) is 5.32 Å². The van der Waals surface area contributed by atoms with E-state index in [0.717, 1.165) is 13.0 Å². The molecule has 0 bridgehead atoms. The number of nitrogens with two attached hydrogens (primary N) is 1. The zero-order chi connectivity index (χ0) is 8.81. The Morgan fingerprint density at radius 2 is 2.50 bits per heavy atom. The highest BCUT2D eigenvalue weighted by atomic mass is 32.1. The van der Waals surface area contributed by atoms with Gasteiger partial charge in [-0.2, -0.15) is 11.3 Å². The second-order valence-electron chi connectivity index (χ2n) is 2.98. The summed E-state index contributed by atoms with van der Waals surface area (Å²) in [6.45, 7) is 3.81. The molecule has 1 rings (SSSR count). The standard InChI is InChI=1S/C9H16N2S/c1-8(11-4-3-10)6-9-2-5-12-7-9/h2,5,7-8,11H,3-4,6,10H2,1H3. The van der Waals surface area contributed by atoms with E-state index in [1.165, 1.54) is 5.56 Å². The summed E-state index contributed by atoms with van der Waals surface area (Å²) in [5, 5.41) is 7.66. The van der Waals surface area contributed by atoms with Crippen LogP contribution in [-0.4, -0.2) is 19.1 Å². The van der Waals surface area contributed by atoms with E-state index < -0.39 is 0 Å². The Kier molecular flexibility index (Phi) is 4.29. The molecule has 0 aliphatic rings. The Balaban J connectivity index is 2.22. The van der Waals surface area contributed by atoms with Crippen LogP contribution in [0.4, 0.5) is 0 Å². The van der Waals surface area contributed by atoms with Gasteiger partial charge in [0.15, 0.2) is 0 Å². The highest BCUT2D eigenvalue weighted by Gasteiger charge is 2.01. The molecule has 1 aromatic heterocycles. The predicted octanol–water partition coefficient (Wildman–Crippen LogP) is 1.23. The molecule has 0 spiro atoms. The minimum atomic E-state index is 0.531. The van der Waals surface area contributed by atoms with Crippen molar-refractivity contribution in [3.63, 3.8) is 0 Å². The smallest absolute Gasteiger partial charge is 0.00799 e. The zero-order valence-electron chi connectivity index (χ0n) is 7.42. The quantitative estimate of drug-likeness (QED) is 0.722. The molecule has 1 unspecified atom stereocenters. The summed E-state index contributed by atoms with van der Waals surface area (Å²) in [6.07, 6.45) is 1.10. The number of nitrogens with one attached hydrogen (secondary N) is 1. The molecule has 0 aliphatic carbocycles. The van der Waals surface area contributed by atoms with E-state index in [9.17, 15) is 0 Å². The fourth-order valence-corrected chi connectivity index (χ4v) is 1.85. The minimum Gasteiger partial charge on any atom is -0.329 e. The average molecular weight is 184 g/mol. The molecule has 0 saturated carbocycles. The van der Waals surface area contributed by atoms with Crippen LogP contribution in [0.25, 0.3) is 0 Å². The van der Waals surface area contributed by atoms with Crippen LogP contribution in [-0.2, 0) is 6.42 Å². The van der Waals surface area contributed by atoms with Crippen molar-refractivity contribution in [3.05, 3.63) is 22.4 Å². The molecule has 0 aliphatic heterocycles. The van der Waals surface area contributed by atoms with Crippen molar-refractivity contribution in [2.45, 2.75) is 19.4 Å². The largest absolute Gasteiger partial charge is 0.329 e. The average Bonchev–Trinajstić information content (AvgIpc) is 2.53. The lowest BCUT2D eigenvalue weighted by Gasteiger charge is -2.11. The molecular formula is C9H16N2S. The molecule has 0 amide bonds. The molecule has 12 heavy (non-hydrogen) atoms. The zero-order valence-corrected chi connectivity index (χ0v) is 8.23. The number of thiophene rings is 1. The van der Waals surface area contributed by atoms with Gasteiger partial charge in [-0.05, 0) is 35.7 Å². The SMILES string of the molecule is CC(Cc1ccsc1)NCCN. The van der Waals surface area contributed by atoms with E-state index in [2.05, 4.69) is 29.1 Å². The van der Waals surface area contributed by atoms with Crippen molar-refractivity contribution in [2.75, 3.05) is 13.1 Å². The molecule has 0 fully saturated rings. The number of hydrogen-bond donors (Lipinski definition) is 2. The molecule has 0 saturated heterocycles. The van der Waals surface area contributed by atoms with Crippen LogP contribution in [0.5, 0.6) is 0 Å². The second kappa shape index (κ2) is 5.30. The van der Waals surface area contributed by atoms with Crippen molar-refractivity contribution in [1.29, 1.82) is 0 Å². The summed E-state index contributed by atoms with van der Waals surface area (Å²) in [5.74, 6) is 0. The van der Waals surface area contributed by atoms with Gasteiger partial charge in [-0.15, -0.1) is 0 Å². The molecule has 2 nitrogen and oxygen atoms in total. The first-order chi connectivity index (χ1) is 5.83. The van der Waals surface area contributed by atoms with Crippen molar-refractivity contribution in [3.8, 4) is 0 Å². The Morgan fingerprint density at radius 1 is 1.67 bits per heavy atom. The first-order valence-electron chi connectivity index (χ1n) is 4.27. The Hall–Kier alpha value is -0.380. The van der Waals surface area contributed by atoms with E-state index in [1.54, 1.807) is 11.3 Å². The van der Waals surface area contributed by atoms with Gasteiger partial charge < -0.3 is 11.1 Å². The van der Waals surface area contributed by atoms with Crippen molar-refractivity contribution >= 4 is 11.3 Å². The first-order valence-corrected chi connectivity index (χ1v) is 5.21.